The average molecular weight is 721 g/mol. The van der Waals surface area contributed by atoms with Crippen molar-refractivity contribution in [1.82, 2.24) is 0 Å². The highest BCUT2D eigenvalue weighted by atomic mass is 32.2. The van der Waals surface area contributed by atoms with Gasteiger partial charge in [-0.15, -0.1) is 0 Å². The molecule has 0 spiro atoms. The van der Waals surface area contributed by atoms with Gasteiger partial charge in [-0.05, 0) is 75.6 Å². The van der Waals surface area contributed by atoms with E-state index in [2.05, 4.69) is 55.4 Å². The topological polar surface area (TPSA) is 114 Å². The van der Waals surface area contributed by atoms with E-state index in [4.69, 9.17) is 0 Å². The summed E-state index contributed by atoms with van der Waals surface area (Å²) < 4.78 is 65.3. The molecule has 0 saturated heterocycles. The Labute approximate surface area is 298 Å². The van der Waals surface area contributed by atoms with Gasteiger partial charge in [0.1, 0.15) is 20.2 Å². The van der Waals surface area contributed by atoms with Crippen LogP contribution in [-0.2, 0) is 20.2 Å². The highest BCUT2D eigenvalue weighted by Gasteiger charge is 2.25. The molecule has 48 heavy (non-hydrogen) atoms. The number of hydrogen-bond acceptors (Lipinski definition) is 6. The third-order valence-corrected chi connectivity index (χ3v) is 11.0. The van der Waals surface area contributed by atoms with Crippen LogP contribution < -0.4 is 0 Å². The van der Waals surface area contributed by atoms with Gasteiger partial charge in [-0.25, -0.2) is 16.8 Å². The molecule has 0 radical (unpaired) electrons. The Hall–Kier alpha value is -1.04. The Bertz CT molecular complexity index is 931. The van der Waals surface area contributed by atoms with Gasteiger partial charge in [0.25, 0.3) is 0 Å². The van der Waals surface area contributed by atoms with Crippen LogP contribution in [0.4, 0.5) is 0 Å². The highest BCUT2D eigenvalue weighted by Crippen LogP contribution is 2.18. The molecule has 0 aliphatic carbocycles. The maximum Gasteiger partial charge on any atom is 0.124 e. The van der Waals surface area contributed by atoms with Crippen LogP contribution in [0, 0.1) is 0 Å². The first-order chi connectivity index (χ1) is 22.7. The lowest BCUT2D eigenvalue weighted by Crippen LogP contribution is -2.50. The minimum absolute atomic E-state index is 0.579. The Morgan fingerprint density at radius 3 is 0.625 bits per heavy atom. The fourth-order valence-corrected chi connectivity index (χ4v) is 7.00. The van der Waals surface area contributed by atoms with Crippen molar-refractivity contribution in [2.24, 2.45) is 0 Å². The zero-order valence-electron chi connectivity index (χ0n) is 32.4. The third-order valence-electron chi connectivity index (χ3n) is 9.29. The Morgan fingerprint density at radius 2 is 0.521 bits per heavy atom. The van der Waals surface area contributed by atoms with Crippen LogP contribution in [0.1, 0.15) is 158 Å². The van der Waals surface area contributed by atoms with Crippen LogP contribution in [-0.4, -0.2) is 87.3 Å². The van der Waals surface area contributed by atoms with Crippen LogP contribution in [0.5, 0.6) is 0 Å². The van der Waals surface area contributed by atoms with Crippen LogP contribution in [0.25, 0.3) is 0 Å². The number of quaternary nitrogens is 2. The Balaban J connectivity index is 0. The van der Waals surface area contributed by atoms with E-state index in [0.29, 0.717) is 0 Å². The average Bonchev–Trinajstić information content (AvgIpc) is 3.07. The van der Waals surface area contributed by atoms with Gasteiger partial charge >= 0.3 is 0 Å². The maximum atomic E-state index is 10.4. The summed E-state index contributed by atoms with van der Waals surface area (Å²) in [5, 5.41) is 0. The Morgan fingerprint density at radius 1 is 0.375 bits per heavy atom. The van der Waals surface area contributed by atoms with Crippen molar-refractivity contribution in [3.63, 3.8) is 0 Å². The SMILES string of the molecule is CCCC[N+](CCCC)(CCCC)CCCC.CCCC[N+](CCCC)(CCCC)CCCC.O=S(=O)([O-])c1ccc(S(=O)(=O)[O-])cc1. The van der Waals surface area contributed by atoms with Gasteiger partial charge in [0.2, 0.25) is 0 Å². The van der Waals surface area contributed by atoms with Gasteiger partial charge in [-0.3, -0.25) is 0 Å². The predicted octanol–water partition coefficient (Wildman–Crippen LogP) is 9.50. The molecule has 0 atom stereocenters. The molecule has 10 heteroatoms. The molecule has 0 N–H and O–H groups in total. The summed E-state index contributed by atoms with van der Waals surface area (Å²) in [5.74, 6) is 0. The molecule has 1 rings (SSSR count). The van der Waals surface area contributed by atoms with Gasteiger partial charge < -0.3 is 18.1 Å². The molecule has 1 aromatic rings. The molecule has 0 fully saturated rings. The van der Waals surface area contributed by atoms with Crippen LogP contribution in [0.3, 0.4) is 0 Å². The lowest BCUT2D eigenvalue weighted by atomic mass is 10.1. The van der Waals surface area contributed by atoms with Crippen molar-refractivity contribution in [2.45, 2.75) is 168 Å². The summed E-state index contributed by atoms with van der Waals surface area (Å²) >= 11 is 0. The van der Waals surface area contributed by atoms with Crippen molar-refractivity contribution in [1.29, 1.82) is 0 Å². The highest BCUT2D eigenvalue weighted by molar-refractivity contribution is 7.86. The number of benzene rings is 1. The van der Waals surface area contributed by atoms with E-state index >= 15 is 0 Å². The second-order valence-electron chi connectivity index (χ2n) is 13.7. The molecular weight excluding hydrogens is 645 g/mol. The standard InChI is InChI=1S/2C16H36N.C6H6O6S2/c2*1-5-9-13-17(14-10-6-2,15-11-7-3)16-12-8-4;7-13(8,9)5-1-2-6(4-3-5)14(10,11)12/h2*5-16H2,1-4H3;1-4H,(H,7,8,9)(H,10,11,12)/q2*+1;/p-2. The molecule has 0 heterocycles. The van der Waals surface area contributed by atoms with Crippen molar-refractivity contribution in [3.8, 4) is 0 Å². The third kappa shape index (κ3) is 23.4. The number of unbranched alkanes of at least 4 members (excludes halogenated alkanes) is 8. The molecule has 286 valence electrons. The van der Waals surface area contributed by atoms with Gasteiger partial charge in [0, 0.05) is 0 Å². The predicted molar refractivity (Wildman–Crippen MR) is 201 cm³/mol. The normalized spacial score (nSPS) is 12.2. The zero-order chi connectivity index (χ0) is 37.0. The smallest absolute Gasteiger partial charge is 0.124 e. The molecule has 0 bridgehead atoms. The monoisotopic (exact) mass is 721 g/mol. The van der Waals surface area contributed by atoms with Gasteiger partial charge in [-0.1, -0.05) is 107 Å². The number of nitrogens with zero attached hydrogens (tertiary/aromatic N) is 2. The van der Waals surface area contributed by atoms with Crippen molar-refractivity contribution < 1.29 is 34.9 Å². The van der Waals surface area contributed by atoms with Crippen molar-refractivity contribution >= 4 is 20.2 Å². The first-order valence-electron chi connectivity index (χ1n) is 19.4. The lowest BCUT2D eigenvalue weighted by Gasteiger charge is -2.39. The van der Waals surface area contributed by atoms with E-state index in [1.807, 2.05) is 0 Å². The first-order valence-corrected chi connectivity index (χ1v) is 22.2. The van der Waals surface area contributed by atoms with E-state index in [1.165, 1.54) is 164 Å². The van der Waals surface area contributed by atoms with E-state index in [0.717, 1.165) is 24.3 Å². The summed E-state index contributed by atoms with van der Waals surface area (Å²) in [6.07, 6.45) is 22.1. The van der Waals surface area contributed by atoms with E-state index in [1.54, 1.807) is 0 Å². The minimum Gasteiger partial charge on any atom is -0.744 e. The van der Waals surface area contributed by atoms with Crippen molar-refractivity contribution in [2.75, 3.05) is 52.4 Å². The van der Waals surface area contributed by atoms with E-state index < -0.39 is 30.0 Å². The molecule has 0 aliphatic heterocycles. The molecule has 0 amide bonds. The first kappa shape index (κ1) is 49.1. The molecule has 1 aromatic carbocycles. The molecule has 0 aromatic heterocycles. The van der Waals surface area contributed by atoms with Crippen molar-refractivity contribution in [3.05, 3.63) is 24.3 Å². The molecule has 0 saturated carbocycles. The lowest BCUT2D eigenvalue weighted by molar-refractivity contribution is -0.929. The summed E-state index contributed by atoms with van der Waals surface area (Å²) in [4.78, 5) is -1.16. The molecular formula is C38H76N2O6S2. The maximum absolute atomic E-state index is 10.4. The summed E-state index contributed by atoms with van der Waals surface area (Å²) in [7, 11) is -9.22. The zero-order valence-corrected chi connectivity index (χ0v) is 34.1. The fourth-order valence-electron chi connectivity index (χ4n) is 6.06. The Kier molecular flexibility index (Phi) is 29.3. The number of hydrogen-bond donors (Lipinski definition) is 0. The summed E-state index contributed by atoms with van der Waals surface area (Å²) in [6, 6.07) is 3.08. The summed E-state index contributed by atoms with van der Waals surface area (Å²) in [6.45, 7) is 30.0. The summed E-state index contributed by atoms with van der Waals surface area (Å²) in [5.41, 5.74) is 0. The molecule has 0 aliphatic rings. The largest absolute Gasteiger partial charge is 0.744 e. The van der Waals surface area contributed by atoms with Crippen LogP contribution in [0.15, 0.2) is 34.1 Å². The minimum atomic E-state index is -4.61. The second-order valence-corrected chi connectivity index (χ2v) is 16.4. The number of rotatable bonds is 26. The van der Waals surface area contributed by atoms with Gasteiger partial charge in [-0.2, -0.15) is 0 Å². The quantitative estimate of drug-likeness (QED) is 0.0696. The van der Waals surface area contributed by atoms with E-state index in [-0.39, 0.29) is 0 Å². The molecule has 8 nitrogen and oxygen atoms in total. The van der Waals surface area contributed by atoms with Gasteiger partial charge in [0.15, 0.2) is 0 Å². The van der Waals surface area contributed by atoms with Gasteiger partial charge in [0.05, 0.1) is 62.1 Å². The molecule has 0 unspecified atom stereocenters. The second kappa shape index (κ2) is 28.6. The fraction of sp³-hybridized carbons (Fsp3) is 0.842. The van der Waals surface area contributed by atoms with Crippen LogP contribution in [0.2, 0.25) is 0 Å². The van der Waals surface area contributed by atoms with Crippen LogP contribution >= 0.6 is 0 Å². The van der Waals surface area contributed by atoms with E-state index in [9.17, 15) is 25.9 Å².